The second-order valence-corrected chi connectivity index (χ2v) is 4.63. The van der Waals surface area contributed by atoms with Crippen LogP contribution in [0.4, 0.5) is 5.69 Å². The van der Waals surface area contributed by atoms with Crippen molar-refractivity contribution in [2.45, 2.75) is 26.3 Å². The van der Waals surface area contributed by atoms with Crippen LogP contribution in [0.2, 0.25) is 0 Å². The monoisotopic (exact) mass is 236 g/mol. The molecule has 0 amide bonds. The van der Waals surface area contributed by atoms with Crippen LogP contribution < -0.4 is 15.4 Å². The van der Waals surface area contributed by atoms with Crippen LogP contribution in [0.5, 0.6) is 5.75 Å². The van der Waals surface area contributed by atoms with Crippen molar-refractivity contribution < 1.29 is 4.74 Å². The molecular formula is C14H24N2O. The van der Waals surface area contributed by atoms with Gasteiger partial charge < -0.3 is 15.4 Å². The minimum absolute atomic E-state index is 0.205. The third-order valence-electron chi connectivity index (χ3n) is 3.35. The van der Waals surface area contributed by atoms with Crippen molar-refractivity contribution in [3.05, 3.63) is 24.3 Å². The van der Waals surface area contributed by atoms with Crippen LogP contribution in [0.25, 0.3) is 0 Å². The van der Waals surface area contributed by atoms with E-state index in [1.54, 1.807) is 7.11 Å². The maximum absolute atomic E-state index is 6.16. The lowest BCUT2D eigenvalue weighted by molar-refractivity contribution is 0.414. The van der Waals surface area contributed by atoms with E-state index in [0.717, 1.165) is 24.4 Å². The molecular weight excluding hydrogens is 212 g/mol. The van der Waals surface area contributed by atoms with E-state index in [-0.39, 0.29) is 6.04 Å². The first-order valence-electron chi connectivity index (χ1n) is 6.19. The summed E-state index contributed by atoms with van der Waals surface area (Å²) in [6, 6.07) is 8.26. The molecule has 0 radical (unpaired) electrons. The summed E-state index contributed by atoms with van der Waals surface area (Å²) in [5.41, 5.74) is 7.31. The number of benzene rings is 1. The Morgan fingerprint density at radius 2 is 2.12 bits per heavy atom. The standard InChI is InChI=1S/C14H24N2O/c1-5-11(2)14(15)10-16(3)12-7-6-8-13(9-12)17-4/h6-9,11,14H,5,10,15H2,1-4H3. The normalized spacial score (nSPS) is 14.2. The lowest BCUT2D eigenvalue weighted by Gasteiger charge is -2.26. The summed E-state index contributed by atoms with van der Waals surface area (Å²) < 4.78 is 5.22. The van der Waals surface area contributed by atoms with Crippen molar-refractivity contribution in [1.82, 2.24) is 0 Å². The summed E-state index contributed by atoms with van der Waals surface area (Å²) >= 11 is 0. The van der Waals surface area contributed by atoms with Gasteiger partial charge in [0, 0.05) is 31.4 Å². The van der Waals surface area contributed by atoms with Gasteiger partial charge in [-0.1, -0.05) is 26.3 Å². The first-order valence-corrected chi connectivity index (χ1v) is 6.19. The van der Waals surface area contributed by atoms with Crippen molar-refractivity contribution in [3.8, 4) is 5.75 Å². The van der Waals surface area contributed by atoms with Crippen molar-refractivity contribution in [2.75, 3.05) is 25.6 Å². The predicted octanol–water partition coefficient (Wildman–Crippen LogP) is 2.50. The molecule has 2 atom stereocenters. The maximum atomic E-state index is 6.16. The Kier molecular flexibility index (Phi) is 5.29. The lowest BCUT2D eigenvalue weighted by Crippen LogP contribution is -2.39. The van der Waals surface area contributed by atoms with E-state index < -0.39 is 0 Å². The number of hydrogen-bond acceptors (Lipinski definition) is 3. The van der Waals surface area contributed by atoms with Gasteiger partial charge in [-0.25, -0.2) is 0 Å². The van der Waals surface area contributed by atoms with Gasteiger partial charge in [0.15, 0.2) is 0 Å². The fourth-order valence-corrected chi connectivity index (χ4v) is 1.75. The molecule has 0 aromatic heterocycles. The highest BCUT2D eigenvalue weighted by Gasteiger charge is 2.13. The minimum Gasteiger partial charge on any atom is -0.497 e. The highest BCUT2D eigenvalue weighted by molar-refractivity contribution is 5.50. The van der Waals surface area contributed by atoms with Gasteiger partial charge in [-0.05, 0) is 18.1 Å². The minimum atomic E-state index is 0.205. The Bertz CT molecular complexity index is 341. The van der Waals surface area contributed by atoms with E-state index in [4.69, 9.17) is 10.5 Å². The Morgan fingerprint density at radius 3 is 2.71 bits per heavy atom. The second-order valence-electron chi connectivity index (χ2n) is 4.63. The van der Waals surface area contributed by atoms with E-state index in [1.165, 1.54) is 0 Å². The van der Waals surface area contributed by atoms with Gasteiger partial charge in [0.25, 0.3) is 0 Å². The highest BCUT2D eigenvalue weighted by atomic mass is 16.5. The number of ether oxygens (including phenoxy) is 1. The molecule has 96 valence electrons. The van der Waals surface area contributed by atoms with Crippen LogP contribution in [-0.4, -0.2) is 26.7 Å². The van der Waals surface area contributed by atoms with Crippen molar-refractivity contribution in [1.29, 1.82) is 0 Å². The number of hydrogen-bond donors (Lipinski definition) is 1. The van der Waals surface area contributed by atoms with E-state index in [0.29, 0.717) is 5.92 Å². The fourth-order valence-electron chi connectivity index (χ4n) is 1.75. The summed E-state index contributed by atoms with van der Waals surface area (Å²) in [7, 11) is 3.75. The van der Waals surface area contributed by atoms with Crippen LogP contribution in [0.15, 0.2) is 24.3 Å². The van der Waals surface area contributed by atoms with Crippen LogP contribution in [0.1, 0.15) is 20.3 Å². The molecule has 0 aliphatic rings. The molecule has 0 spiro atoms. The predicted molar refractivity (Wildman–Crippen MR) is 73.7 cm³/mol. The number of nitrogens with two attached hydrogens (primary N) is 1. The highest BCUT2D eigenvalue weighted by Crippen LogP contribution is 2.20. The van der Waals surface area contributed by atoms with Gasteiger partial charge in [-0.3, -0.25) is 0 Å². The van der Waals surface area contributed by atoms with Crippen LogP contribution in [-0.2, 0) is 0 Å². The third-order valence-corrected chi connectivity index (χ3v) is 3.35. The average molecular weight is 236 g/mol. The molecule has 2 unspecified atom stereocenters. The smallest absolute Gasteiger partial charge is 0.120 e. The van der Waals surface area contributed by atoms with Crippen molar-refractivity contribution >= 4 is 5.69 Å². The first-order chi connectivity index (χ1) is 8.08. The quantitative estimate of drug-likeness (QED) is 0.824. The first kappa shape index (κ1) is 13.8. The molecule has 0 aliphatic carbocycles. The van der Waals surface area contributed by atoms with Gasteiger partial charge in [0.05, 0.1) is 7.11 Å². The molecule has 0 bridgehead atoms. The number of likely N-dealkylation sites (N-methyl/N-ethyl adjacent to an activating group) is 1. The van der Waals surface area contributed by atoms with Gasteiger partial charge in [-0.2, -0.15) is 0 Å². The average Bonchev–Trinajstić information content (AvgIpc) is 2.37. The topological polar surface area (TPSA) is 38.5 Å². The Balaban J connectivity index is 2.65. The van der Waals surface area contributed by atoms with Gasteiger partial charge >= 0.3 is 0 Å². The summed E-state index contributed by atoms with van der Waals surface area (Å²) in [5.74, 6) is 1.43. The molecule has 0 saturated carbocycles. The van der Waals surface area contributed by atoms with Crippen LogP contribution >= 0.6 is 0 Å². The molecule has 3 heteroatoms. The summed E-state index contributed by atoms with van der Waals surface area (Å²) in [6.45, 7) is 5.24. The maximum Gasteiger partial charge on any atom is 0.120 e. The molecule has 1 aromatic rings. The Morgan fingerprint density at radius 1 is 1.41 bits per heavy atom. The summed E-state index contributed by atoms with van der Waals surface area (Å²) in [4.78, 5) is 2.18. The second kappa shape index (κ2) is 6.50. The molecule has 0 heterocycles. The van der Waals surface area contributed by atoms with E-state index in [1.807, 2.05) is 18.2 Å². The number of rotatable bonds is 6. The molecule has 1 aromatic carbocycles. The van der Waals surface area contributed by atoms with Gasteiger partial charge in [0.2, 0.25) is 0 Å². The van der Waals surface area contributed by atoms with E-state index in [9.17, 15) is 0 Å². The van der Waals surface area contributed by atoms with Crippen LogP contribution in [0.3, 0.4) is 0 Å². The number of methoxy groups -OCH3 is 1. The molecule has 0 fully saturated rings. The summed E-state index contributed by atoms with van der Waals surface area (Å²) in [5, 5.41) is 0. The van der Waals surface area contributed by atoms with Gasteiger partial charge in [-0.15, -0.1) is 0 Å². The molecule has 17 heavy (non-hydrogen) atoms. The molecule has 1 rings (SSSR count). The molecule has 3 nitrogen and oxygen atoms in total. The van der Waals surface area contributed by atoms with E-state index in [2.05, 4.69) is 31.9 Å². The Labute approximate surface area is 105 Å². The zero-order chi connectivity index (χ0) is 12.8. The third kappa shape index (κ3) is 3.93. The molecule has 2 N–H and O–H groups in total. The number of nitrogens with zero attached hydrogens (tertiary/aromatic N) is 1. The Hall–Kier alpha value is -1.22. The molecule has 0 aliphatic heterocycles. The van der Waals surface area contributed by atoms with Crippen LogP contribution in [0, 0.1) is 5.92 Å². The fraction of sp³-hybridized carbons (Fsp3) is 0.571. The zero-order valence-electron chi connectivity index (χ0n) is 11.3. The van der Waals surface area contributed by atoms with Crippen molar-refractivity contribution in [3.63, 3.8) is 0 Å². The van der Waals surface area contributed by atoms with Gasteiger partial charge in [0.1, 0.15) is 5.75 Å². The van der Waals surface area contributed by atoms with E-state index >= 15 is 0 Å². The molecule has 0 saturated heterocycles. The SMILES string of the molecule is CCC(C)C(N)CN(C)c1cccc(OC)c1. The summed E-state index contributed by atoms with van der Waals surface area (Å²) in [6.07, 6.45) is 1.12. The number of anilines is 1. The largest absolute Gasteiger partial charge is 0.497 e. The lowest BCUT2D eigenvalue weighted by atomic mass is 9.99. The van der Waals surface area contributed by atoms with Crippen molar-refractivity contribution in [2.24, 2.45) is 11.7 Å². The zero-order valence-corrected chi connectivity index (χ0v) is 11.3.